The van der Waals surface area contributed by atoms with Gasteiger partial charge in [-0.25, -0.2) is 9.37 Å². The van der Waals surface area contributed by atoms with Crippen LogP contribution in [0.25, 0.3) is 0 Å². The van der Waals surface area contributed by atoms with Crippen molar-refractivity contribution in [2.45, 2.75) is 26.3 Å². The molecule has 0 aliphatic carbocycles. The van der Waals surface area contributed by atoms with Crippen molar-refractivity contribution < 1.29 is 13.9 Å². The van der Waals surface area contributed by atoms with E-state index in [1.165, 1.54) is 17.2 Å². The molecule has 1 aromatic rings. The molecule has 0 saturated heterocycles. The number of carbonyl (C=O) groups excluding carboxylic acids is 1. The number of rotatable bonds is 7. The molecule has 0 aromatic carbocycles. The van der Waals surface area contributed by atoms with Gasteiger partial charge in [-0.3, -0.25) is 4.79 Å². The largest absolute Gasteiger partial charge is 0.383 e. The molecular formula is C14H22FN3O2. The van der Waals surface area contributed by atoms with E-state index >= 15 is 0 Å². The Balaban J connectivity index is 2.92. The zero-order valence-corrected chi connectivity index (χ0v) is 12.4. The highest BCUT2D eigenvalue weighted by molar-refractivity contribution is 5.95. The highest BCUT2D eigenvalue weighted by Gasteiger charge is 2.22. The van der Waals surface area contributed by atoms with Crippen LogP contribution in [0.1, 0.15) is 30.6 Å². The minimum absolute atomic E-state index is 0.0176. The van der Waals surface area contributed by atoms with Crippen molar-refractivity contribution in [3.8, 4) is 0 Å². The average molecular weight is 283 g/mol. The minimum Gasteiger partial charge on any atom is -0.383 e. The molecule has 1 rings (SSSR count). The van der Waals surface area contributed by atoms with Crippen molar-refractivity contribution in [3.05, 3.63) is 23.6 Å². The number of pyridine rings is 1. The van der Waals surface area contributed by atoms with E-state index in [-0.39, 0.29) is 23.3 Å². The standard InChI is InChI=1S/C14H22FN3O2/c1-5-7-16-13-12(15)11(6-8-17-13)14(19)18(3)10(2)9-20-4/h6,8,10H,5,7,9H2,1-4H3,(H,16,17). The third-order valence-corrected chi connectivity index (χ3v) is 3.05. The Bertz CT molecular complexity index is 454. The molecule has 1 heterocycles. The maximum absolute atomic E-state index is 14.3. The van der Waals surface area contributed by atoms with Gasteiger partial charge < -0.3 is 15.0 Å². The second kappa shape index (κ2) is 7.79. The summed E-state index contributed by atoms with van der Waals surface area (Å²) < 4.78 is 19.3. The van der Waals surface area contributed by atoms with E-state index in [1.54, 1.807) is 14.2 Å². The zero-order chi connectivity index (χ0) is 15.1. The lowest BCUT2D eigenvalue weighted by Crippen LogP contribution is -2.38. The molecule has 0 aliphatic rings. The summed E-state index contributed by atoms with van der Waals surface area (Å²) in [7, 11) is 3.19. The third-order valence-electron chi connectivity index (χ3n) is 3.05. The monoisotopic (exact) mass is 283 g/mol. The normalized spacial score (nSPS) is 12.1. The van der Waals surface area contributed by atoms with Gasteiger partial charge in [0.05, 0.1) is 18.2 Å². The Morgan fingerprint density at radius 1 is 1.60 bits per heavy atom. The number of nitrogens with one attached hydrogen (secondary N) is 1. The number of ether oxygens (including phenoxy) is 1. The van der Waals surface area contributed by atoms with Crippen molar-refractivity contribution in [1.29, 1.82) is 0 Å². The number of hydrogen-bond acceptors (Lipinski definition) is 4. The van der Waals surface area contributed by atoms with Crippen LogP contribution in [0.3, 0.4) is 0 Å². The first-order chi connectivity index (χ1) is 9.52. The summed E-state index contributed by atoms with van der Waals surface area (Å²) >= 11 is 0. The molecule has 0 aliphatic heterocycles. The number of anilines is 1. The summed E-state index contributed by atoms with van der Waals surface area (Å²) in [5.41, 5.74) is 0.0176. The fourth-order valence-electron chi connectivity index (χ4n) is 1.72. The number of hydrogen-bond donors (Lipinski definition) is 1. The number of methoxy groups -OCH3 is 1. The molecule has 0 spiro atoms. The Morgan fingerprint density at radius 2 is 2.30 bits per heavy atom. The van der Waals surface area contributed by atoms with Crippen LogP contribution in [0.4, 0.5) is 10.2 Å². The van der Waals surface area contributed by atoms with Crippen LogP contribution in [0, 0.1) is 5.82 Å². The first-order valence-corrected chi connectivity index (χ1v) is 6.67. The summed E-state index contributed by atoms with van der Waals surface area (Å²) in [5.74, 6) is -0.873. The van der Waals surface area contributed by atoms with Crippen LogP contribution in [0.2, 0.25) is 0 Å². The van der Waals surface area contributed by atoms with Crippen molar-refractivity contribution in [1.82, 2.24) is 9.88 Å². The molecule has 1 aromatic heterocycles. The highest BCUT2D eigenvalue weighted by atomic mass is 19.1. The van der Waals surface area contributed by atoms with Crippen molar-refractivity contribution in [2.24, 2.45) is 0 Å². The molecule has 112 valence electrons. The first-order valence-electron chi connectivity index (χ1n) is 6.67. The predicted octanol–water partition coefficient (Wildman–Crippen LogP) is 2.15. The minimum atomic E-state index is -0.609. The van der Waals surface area contributed by atoms with E-state index in [4.69, 9.17) is 4.74 Å². The predicted molar refractivity (Wildman–Crippen MR) is 76.4 cm³/mol. The lowest BCUT2D eigenvalue weighted by atomic mass is 10.2. The number of carbonyl (C=O) groups is 1. The third kappa shape index (κ3) is 3.90. The summed E-state index contributed by atoms with van der Waals surface area (Å²) in [5, 5.41) is 2.87. The van der Waals surface area contributed by atoms with E-state index in [0.717, 1.165) is 6.42 Å². The fourth-order valence-corrected chi connectivity index (χ4v) is 1.72. The van der Waals surface area contributed by atoms with Crippen molar-refractivity contribution >= 4 is 11.7 Å². The summed E-state index contributed by atoms with van der Waals surface area (Å²) in [6.45, 7) is 4.82. The highest BCUT2D eigenvalue weighted by Crippen LogP contribution is 2.17. The van der Waals surface area contributed by atoms with Crippen LogP contribution >= 0.6 is 0 Å². The average Bonchev–Trinajstić information content (AvgIpc) is 2.45. The van der Waals surface area contributed by atoms with Crippen molar-refractivity contribution in [3.63, 3.8) is 0 Å². The van der Waals surface area contributed by atoms with Crippen LogP contribution in [0.15, 0.2) is 12.3 Å². The van der Waals surface area contributed by atoms with Gasteiger partial charge in [-0.05, 0) is 19.4 Å². The van der Waals surface area contributed by atoms with E-state index < -0.39 is 5.82 Å². The Morgan fingerprint density at radius 3 is 2.90 bits per heavy atom. The lowest BCUT2D eigenvalue weighted by molar-refractivity contribution is 0.0629. The smallest absolute Gasteiger partial charge is 0.257 e. The van der Waals surface area contributed by atoms with Gasteiger partial charge in [0.25, 0.3) is 5.91 Å². The van der Waals surface area contributed by atoms with Gasteiger partial charge >= 0.3 is 0 Å². The molecule has 0 saturated carbocycles. The number of amides is 1. The molecule has 0 radical (unpaired) electrons. The van der Waals surface area contributed by atoms with Crippen LogP contribution in [0.5, 0.6) is 0 Å². The quantitative estimate of drug-likeness (QED) is 0.833. The number of nitrogens with zero attached hydrogens (tertiary/aromatic N) is 2. The first kappa shape index (κ1) is 16.4. The fraction of sp³-hybridized carbons (Fsp3) is 0.571. The zero-order valence-electron chi connectivity index (χ0n) is 12.4. The van der Waals surface area contributed by atoms with Gasteiger partial charge in [-0.2, -0.15) is 0 Å². The van der Waals surface area contributed by atoms with Crippen molar-refractivity contribution in [2.75, 3.05) is 32.6 Å². The Hall–Kier alpha value is -1.69. The molecule has 20 heavy (non-hydrogen) atoms. The number of halogens is 1. The molecule has 6 heteroatoms. The summed E-state index contributed by atoms with van der Waals surface area (Å²) in [4.78, 5) is 17.7. The summed E-state index contributed by atoms with van der Waals surface area (Å²) in [6, 6.07) is 1.26. The topological polar surface area (TPSA) is 54.5 Å². The van der Waals surface area contributed by atoms with Crippen LogP contribution in [-0.2, 0) is 4.74 Å². The van der Waals surface area contributed by atoms with Gasteiger partial charge in [0, 0.05) is 26.9 Å². The molecule has 0 fully saturated rings. The second-order valence-electron chi connectivity index (χ2n) is 4.67. The number of likely N-dealkylation sites (N-methyl/N-ethyl adjacent to an activating group) is 1. The Kier molecular flexibility index (Phi) is 6.38. The second-order valence-corrected chi connectivity index (χ2v) is 4.67. The van der Waals surface area contributed by atoms with E-state index in [9.17, 15) is 9.18 Å². The lowest BCUT2D eigenvalue weighted by Gasteiger charge is -2.24. The maximum Gasteiger partial charge on any atom is 0.257 e. The van der Waals surface area contributed by atoms with Crippen LogP contribution in [-0.4, -0.2) is 49.1 Å². The molecular weight excluding hydrogens is 261 g/mol. The maximum atomic E-state index is 14.3. The van der Waals surface area contributed by atoms with Gasteiger partial charge in [0.15, 0.2) is 11.6 Å². The van der Waals surface area contributed by atoms with Gasteiger partial charge in [-0.15, -0.1) is 0 Å². The SMILES string of the molecule is CCCNc1nccc(C(=O)N(C)C(C)COC)c1F. The van der Waals surface area contributed by atoms with Gasteiger partial charge in [0.1, 0.15) is 0 Å². The van der Waals surface area contributed by atoms with Gasteiger partial charge in [-0.1, -0.05) is 6.92 Å². The van der Waals surface area contributed by atoms with Gasteiger partial charge in [0.2, 0.25) is 0 Å². The van der Waals surface area contributed by atoms with E-state index in [2.05, 4.69) is 10.3 Å². The molecule has 0 bridgehead atoms. The van der Waals surface area contributed by atoms with Crippen LogP contribution < -0.4 is 5.32 Å². The molecule has 1 atom stereocenters. The number of aromatic nitrogens is 1. The summed E-state index contributed by atoms with van der Waals surface area (Å²) in [6.07, 6.45) is 2.28. The molecule has 1 unspecified atom stereocenters. The Labute approximate surface area is 119 Å². The molecule has 5 nitrogen and oxygen atoms in total. The van der Waals surface area contributed by atoms with E-state index in [0.29, 0.717) is 13.2 Å². The van der Waals surface area contributed by atoms with E-state index in [1.807, 2.05) is 13.8 Å². The molecule has 1 amide bonds. The molecule has 1 N–H and O–H groups in total.